The van der Waals surface area contributed by atoms with Gasteiger partial charge in [0.2, 0.25) is 0 Å². The number of para-hydroxylation sites is 1. The van der Waals surface area contributed by atoms with E-state index in [1.807, 2.05) is 85.2 Å². The molecule has 2 heterocycles. The van der Waals surface area contributed by atoms with Crippen molar-refractivity contribution in [3.8, 4) is 11.8 Å². The highest BCUT2D eigenvalue weighted by Gasteiger charge is 2.17. The second-order valence-corrected chi connectivity index (χ2v) is 6.84. The van der Waals surface area contributed by atoms with Gasteiger partial charge in [0.1, 0.15) is 11.6 Å². The summed E-state index contributed by atoms with van der Waals surface area (Å²) in [6.07, 6.45) is 1.72. The molecule has 0 aliphatic heterocycles. The van der Waals surface area contributed by atoms with Crippen LogP contribution in [0.5, 0.6) is 0 Å². The summed E-state index contributed by atoms with van der Waals surface area (Å²) in [5, 5.41) is 10.5. The van der Waals surface area contributed by atoms with E-state index in [0.717, 1.165) is 27.6 Å². The summed E-state index contributed by atoms with van der Waals surface area (Å²) in [5.41, 5.74) is 3.93. The van der Waals surface area contributed by atoms with Gasteiger partial charge in [-0.3, -0.25) is 9.36 Å². The van der Waals surface area contributed by atoms with Crippen LogP contribution in [0.2, 0.25) is 0 Å². The minimum absolute atomic E-state index is 0.119. The maximum absolute atomic E-state index is 13.1. The zero-order chi connectivity index (χ0) is 19.8. The number of hydrogen-bond donors (Lipinski definition) is 0. The van der Waals surface area contributed by atoms with Crippen LogP contribution in [0.15, 0.2) is 64.4 Å². The molecular weight excluding hydrogens is 350 g/mol. The van der Waals surface area contributed by atoms with Crippen molar-refractivity contribution in [3.05, 3.63) is 70.5 Å². The fourth-order valence-corrected chi connectivity index (χ4v) is 3.41. The molecule has 28 heavy (non-hydrogen) atoms. The highest BCUT2D eigenvalue weighted by atomic mass is 16.1. The van der Waals surface area contributed by atoms with Crippen LogP contribution in [0, 0.1) is 11.3 Å². The van der Waals surface area contributed by atoms with Crippen molar-refractivity contribution in [2.24, 2.45) is 12.0 Å². The average Bonchev–Trinajstić information content (AvgIpc) is 2.99. The molecule has 0 spiro atoms. The van der Waals surface area contributed by atoms with Crippen molar-refractivity contribution >= 4 is 34.0 Å². The van der Waals surface area contributed by atoms with Gasteiger partial charge in [-0.2, -0.15) is 5.26 Å². The molecule has 0 bridgehead atoms. The molecule has 4 aromatic rings. The van der Waals surface area contributed by atoms with Crippen molar-refractivity contribution in [2.75, 3.05) is 14.1 Å². The van der Waals surface area contributed by atoms with E-state index in [0.29, 0.717) is 5.69 Å². The van der Waals surface area contributed by atoms with Crippen LogP contribution >= 0.6 is 0 Å². The number of rotatable bonds is 3. The predicted molar refractivity (Wildman–Crippen MR) is 113 cm³/mol. The lowest BCUT2D eigenvalue weighted by molar-refractivity contribution is 0.643. The standard InChI is InChI=1S/C22H19N5O/c1-25(2)14-24-16-8-10-17(11-9-16)27-21-18-6-4-5-7-19(18)26(3)20(21)12-15(13-23)22(27)28/h4-12,14H,1-3H3/b24-14+. The maximum atomic E-state index is 13.1. The Morgan fingerprint density at radius 1 is 1.07 bits per heavy atom. The highest BCUT2D eigenvalue weighted by Crippen LogP contribution is 2.29. The summed E-state index contributed by atoms with van der Waals surface area (Å²) in [7, 11) is 5.75. The summed E-state index contributed by atoms with van der Waals surface area (Å²) >= 11 is 0. The molecular formula is C22H19N5O. The van der Waals surface area contributed by atoms with Gasteiger partial charge in [-0.25, -0.2) is 4.99 Å². The van der Waals surface area contributed by atoms with Crippen molar-refractivity contribution < 1.29 is 0 Å². The van der Waals surface area contributed by atoms with E-state index in [4.69, 9.17) is 0 Å². The molecule has 0 saturated carbocycles. The lowest BCUT2D eigenvalue weighted by atomic mass is 10.2. The maximum Gasteiger partial charge on any atom is 0.273 e. The number of aliphatic imine (C=N–C) groups is 1. The molecule has 0 N–H and O–H groups in total. The summed E-state index contributed by atoms with van der Waals surface area (Å²) in [4.78, 5) is 19.3. The molecule has 6 nitrogen and oxygen atoms in total. The normalized spacial score (nSPS) is 11.4. The summed E-state index contributed by atoms with van der Waals surface area (Å²) in [5.74, 6) is 0. The van der Waals surface area contributed by atoms with Crippen LogP contribution in [0.25, 0.3) is 27.6 Å². The number of benzene rings is 2. The first-order chi connectivity index (χ1) is 13.5. The Morgan fingerprint density at radius 2 is 1.79 bits per heavy atom. The van der Waals surface area contributed by atoms with E-state index in [1.54, 1.807) is 17.0 Å². The Bertz CT molecular complexity index is 1320. The third-order valence-corrected chi connectivity index (χ3v) is 4.73. The summed E-state index contributed by atoms with van der Waals surface area (Å²) in [6.45, 7) is 0. The predicted octanol–water partition coefficient (Wildman–Crippen LogP) is 3.58. The fourth-order valence-electron chi connectivity index (χ4n) is 3.41. The third-order valence-electron chi connectivity index (χ3n) is 4.73. The van der Waals surface area contributed by atoms with Gasteiger partial charge in [-0.1, -0.05) is 18.2 Å². The second-order valence-electron chi connectivity index (χ2n) is 6.84. The van der Waals surface area contributed by atoms with E-state index < -0.39 is 0 Å². The zero-order valence-corrected chi connectivity index (χ0v) is 15.9. The molecule has 0 aliphatic carbocycles. The molecule has 0 fully saturated rings. The van der Waals surface area contributed by atoms with Gasteiger partial charge in [0, 0.05) is 32.2 Å². The van der Waals surface area contributed by atoms with Gasteiger partial charge in [0.25, 0.3) is 5.56 Å². The van der Waals surface area contributed by atoms with E-state index in [9.17, 15) is 10.1 Å². The molecule has 2 aromatic carbocycles. The van der Waals surface area contributed by atoms with Gasteiger partial charge in [-0.05, 0) is 36.4 Å². The monoisotopic (exact) mass is 369 g/mol. The minimum Gasteiger partial charge on any atom is -0.369 e. The third kappa shape index (κ3) is 2.74. The van der Waals surface area contributed by atoms with Crippen LogP contribution in [-0.2, 0) is 7.05 Å². The number of aryl methyl sites for hydroxylation is 1. The van der Waals surface area contributed by atoms with Crippen LogP contribution < -0.4 is 5.56 Å². The number of nitriles is 1. The lowest BCUT2D eigenvalue weighted by Crippen LogP contribution is -2.21. The van der Waals surface area contributed by atoms with Gasteiger partial charge in [0.05, 0.1) is 28.6 Å². The molecule has 0 radical (unpaired) electrons. The van der Waals surface area contributed by atoms with E-state index in [-0.39, 0.29) is 11.1 Å². The van der Waals surface area contributed by atoms with Gasteiger partial charge in [-0.15, -0.1) is 0 Å². The topological polar surface area (TPSA) is 66.3 Å². The largest absolute Gasteiger partial charge is 0.369 e. The van der Waals surface area contributed by atoms with Crippen LogP contribution in [0.4, 0.5) is 5.69 Å². The molecule has 0 unspecified atom stereocenters. The lowest BCUT2D eigenvalue weighted by Gasteiger charge is -2.10. The molecule has 0 saturated heterocycles. The van der Waals surface area contributed by atoms with Gasteiger partial charge < -0.3 is 9.47 Å². The highest BCUT2D eigenvalue weighted by molar-refractivity contribution is 6.06. The van der Waals surface area contributed by atoms with Crippen LogP contribution in [0.1, 0.15) is 5.56 Å². The van der Waals surface area contributed by atoms with Gasteiger partial charge in [0.15, 0.2) is 0 Å². The first-order valence-electron chi connectivity index (χ1n) is 8.85. The van der Waals surface area contributed by atoms with E-state index >= 15 is 0 Å². The number of aromatic nitrogens is 2. The SMILES string of the molecule is CN(C)/C=N/c1ccc(-n2c(=O)c(C#N)cc3c2c2ccccc2n3C)cc1. The Labute approximate surface area is 162 Å². The number of fused-ring (bicyclic) bond motifs is 3. The Balaban J connectivity index is 2.03. The summed E-state index contributed by atoms with van der Waals surface area (Å²) < 4.78 is 3.63. The van der Waals surface area contributed by atoms with Crippen molar-refractivity contribution in [2.45, 2.75) is 0 Å². The average molecular weight is 369 g/mol. The quantitative estimate of drug-likeness (QED) is 0.409. The summed E-state index contributed by atoms with van der Waals surface area (Å²) in [6, 6.07) is 19.1. The molecule has 138 valence electrons. The van der Waals surface area contributed by atoms with Gasteiger partial charge >= 0.3 is 0 Å². The van der Waals surface area contributed by atoms with E-state index in [2.05, 4.69) is 4.99 Å². The number of nitrogens with zero attached hydrogens (tertiary/aromatic N) is 5. The van der Waals surface area contributed by atoms with Crippen LogP contribution in [0.3, 0.4) is 0 Å². The fraction of sp³-hybridized carbons (Fsp3) is 0.136. The first-order valence-corrected chi connectivity index (χ1v) is 8.85. The van der Waals surface area contributed by atoms with E-state index in [1.165, 1.54) is 0 Å². The number of hydrogen-bond acceptors (Lipinski definition) is 3. The smallest absolute Gasteiger partial charge is 0.273 e. The molecule has 0 atom stereocenters. The van der Waals surface area contributed by atoms with Crippen molar-refractivity contribution in [1.82, 2.24) is 14.0 Å². The Hall–Kier alpha value is -3.85. The zero-order valence-electron chi connectivity index (χ0n) is 15.9. The minimum atomic E-state index is -0.323. The number of pyridine rings is 1. The Morgan fingerprint density at radius 3 is 2.46 bits per heavy atom. The Kier molecular flexibility index (Phi) is 4.21. The van der Waals surface area contributed by atoms with Crippen molar-refractivity contribution in [1.29, 1.82) is 5.26 Å². The molecule has 4 rings (SSSR count). The van der Waals surface area contributed by atoms with Crippen LogP contribution in [-0.4, -0.2) is 34.5 Å². The molecule has 6 heteroatoms. The second kappa shape index (κ2) is 6.71. The first kappa shape index (κ1) is 17.6. The molecule has 0 amide bonds. The molecule has 0 aliphatic rings. The van der Waals surface area contributed by atoms with Crippen molar-refractivity contribution in [3.63, 3.8) is 0 Å². The molecule has 2 aromatic heterocycles.